The van der Waals surface area contributed by atoms with Gasteiger partial charge in [-0.05, 0) is 19.1 Å². The van der Waals surface area contributed by atoms with Gasteiger partial charge in [-0.1, -0.05) is 6.07 Å². The molecule has 0 heterocycles. The first-order chi connectivity index (χ1) is 9.68. The molecule has 1 rings (SSSR count). The molecule has 0 aromatic heterocycles. The van der Waals surface area contributed by atoms with Crippen LogP contribution in [0.15, 0.2) is 18.2 Å². The lowest BCUT2D eigenvalue weighted by Crippen LogP contribution is -2.26. The fourth-order valence-electron chi connectivity index (χ4n) is 1.86. The Morgan fingerprint density at radius 1 is 1.38 bits per heavy atom. The molecule has 0 spiro atoms. The normalized spacial score (nSPS) is 14.6. The zero-order valence-electron chi connectivity index (χ0n) is 11.2. The Morgan fingerprint density at radius 2 is 2.00 bits per heavy atom. The van der Waals surface area contributed by atoms with Gasteiger partial charge in [-0.15, -0.1) is 0 Å². The van der Waals surface area contributed by atoms with Crippen molar-refractivity contribution in [1.82, 2.24) is 0 Å². The highest BCUT2D eigenvalue weighted by molar-refractivity contribution is 5.70. The van der Waals surface area contributed by atoms with Crippen molar-refractivity contribution in [2.45, 2.75) is 31.7 Å². The van der Waals surface area contributed by atoms with Crippen LogP contribution in [0.25, 0.3) is 0 Å². The molecule has 0 radical (unpaired) electrons. The van der Waals surface area contributed by atoms with Crippen molar-refractivity contribution in [3.63, 3.8) is 0 Å². The van der Waals surface area contributed by atoms with Crippen molar-refractivity contribution in [3.05, 3.63) is 29.3 Å². The first-order valence-corrected chi connectivity index (χ1v) is 6.15. The summed E-state index contributed by atoms with van der Waals surface area (Å²) in [5.74, 6) is -0.827. The number of rotatable bonds is 5. The molecule has 0 bridgehead atoms. The number of aliphatic hydroxyl groups is 2. The highest BCUT2D eigenvalue weighted by Gasteiger charge is 2.37. The van der Waals surface area contributed by atoms with E-state index in [1.807, 2.05) is 0 Å². The van der Waals surface area contributed by atoms with Crippen molar-refractivity contribution >= 4 is 11.7 Å². The number of nitrogen functional groups attached to an aromatic ring is 1. The fraction of sp³-hybridized carbons (Fsp3) is 0.462. The molecule has 1 aromatic carbocycles. The van der Waals surface area contributed by atoms with Crippen LogP contribution < -0.4 is 5.73 Å². The van der Waals surface area contributed by atoms with Crippen LogP contribution in [-0.2, 0) is 15.7 Å². The maximum absolute atomic E-state index is 12.9. The zero-order chi connectivity index (χ0) is 16.2. The number of alkyl halides is 3. The molecule has 0 aliphatic heterocycles. The van der Waals surface area contributed by atoms with Crippen LogP contribution in [0.2, 0.25) is 0 Å². The molecule has 118 valence electrons. The third-order valence-corrected chi connectivity index (χ3v) is 2.79. The maximum Gasteiger partial charge on any atom is 0.416 e. The summed E-state index contributed by atoms with van der Waals surface area (Å²) >= 11 is 0. The molecule has 0 aliphatic carbocycles. The summed E-state index contributed by atoms with van der Waals surface area (Å²) in [7, 11) is 0. The van der Waals surface area contributed by atoms with Gasteiger partial charge in [-0.2, -0.15) is 13.2 Å². The minimum absolute atomic E-state index is 0.0585. The van der Waals surface area contributed by atoms with Crippen molar-refractivity contribution in [2.24, 2.45) is 0 Å². The van der Waals surface area contributed by atoms with Gasteiger partial charge >= 0.3 is 12.1 Å². The molecule has 2 unspecified atom stereocenters. The van der Waals surface area contributed by atoms with Crippen LogP contribution in [-0.4, -0.2) is 28.9 Å². The number of benzene rings is 1. The molecule has 1 aromatic rings. The molecule has 8 heteroatoms. The molecule has 0 saturated heterocycles. The smallest absolute Gasteiger partial charge is 0.416 e. The molecular weight excluding hydrogens is 291 g/mol. The summed E-state index contributed by atoms with van der Waals surface area (Å²) in [5.41, 5.74) is 3.33. The average molecular weight is 307 g/mol. The van der Waals surface area contributed by atoms with Gasteiger partial charge in [0.15, 0.2) is 0 Å². The lowest BCUT2D eigenvalue weighted by Gasteiger charge is -2.23. The molecule has 4 N–H and O–H groups in total. The van der Waals surface area contributed by atoms with E-state index in [-0.39, 0.29) is 12.3 Å². The van der Waals surface area contributed by atoms with Crippen LogP contribution in [0, 0.1) is 0 Å². The molecule has 0 amide bonds. The maximum atomic E-state index is 12.9. The molecule has 0 fully saturated rings. The Balaban J connectivity index is 3.06. The number of nitrogens with two attached hydrogens (primary N) is 1. The molecule has 0 aliphatic rings. The summed E-state index contributed by atoms with van der Waals surface area (Å²) in [5, 5.41) is 19.6. The largest absolute Gasteiger partial charge is 0.466 e. The predicted octanol–water partition coefficient (Wildman–Crippen LogP) is 1.64. The van der Waals surface area contributed by atoms with E-state index in [1.165, 1.54) is 13.0 Å². The summed E-state index contributed by atoms with van der Waals surface area (Å²) in [4.78, 5) is 11.2. The van der Waals surface area contributed by atoms with Gasteiger partial charge in [-0.25, -0.2) is 0 Å². The van der Waals surface area contributed by atoms with Crippen LogP contribution in [0.5, 0.6) is 0 Å². The standard InChI is InChI=1S/C13H16F3NO4/c1-2-21-10(19)6-9(18)12(20)11-7(13(14,15)16)4-3-5-8(11)17/h3-5,9,12,18,20H,2,6,17H2,1H3. The summed E-state index contributed by atoms with van der Waals surface area (Å²) in [6.45, 7) is 1.60. The van der Waals surface area contributed by atoms with E-state index in [9.17, 15) is 28.2 Å². The Bertz CT molecular complexity index is 505. The number of esters is 1. The third kappa shape index (κ3) is 4.33. The number of halogens is 3. The van der Waals surface area contributed by atoms with Crippen molar-refractivity contribution in [3.8, 4) is 0 Å². The quantitative estimate of drug-likeness (QED) is 0.568. The minimum Gasteiger partial charge on any atom is -0.466 e. The Labute approximate surface area is 119 Å². The van der Waals surface area contributed by atoms with Crippen LogP contribution in [0.1, 0.15) is 30.6 Å². The lowest BCUT2D eigenvalue weighted by atomic mass is 9.95. The SMILES string of the molecule is CCOC(=O)CC(O)C(O)c1c(N)cccc1C(F)(F)F. The highest BCUT2D eigenvalue weighted by Crippen LogP contribution is 2.38. The van der Waals surface area contributed by atoms with Gasteiger partial charge in [0.05, 0.1) is 24.7 Å². The number of carbonyl (C=O) groups is 1. The van der Waals surface area contributed by atoms with Crippen molar-refractivity contribution in [2.75, 3.05) is 12.3 Å². The third-order valence-electron chi connectivity index (χ3n) is 2.79. The molecular formula is C13H16F3NO4. The summed E-state index contributed by atoms with van der Waals surface area (Å²) in [6.07, 6.45) is -9.09. The Morgan fingerprint density at radius 3 is 2.52 bits per heavy atom. The monoisotopic (exact) mass is 307 g/mol. The molecule has 0 saturated carbocycles. The number of anilines is 1. The number of hydrogen-bond donors (Lipinski definition) is 3. The van der Waals surface area contributed by atoms with E-state index in [0.29, 0.717) is 0 Å². The van der Waals surface area contributed by atoms with E-state index in [2.05, 4.69) is 4.74 Å². The lowest BCUT2D eigenvalue weighted by molar-refractivity contribution is -0.147. The van der Waals surface area contributed by atoms with E-state index >= 15 is 0 Å². The predicted molar refractivity (Wildman–Crippen MR) is 68.1 cm³/mol. The van der Waals surface area contributed by atoms with Crippen LogP contribution in [0.3, 0.4) is 0 Å². The van der Waals surface area contributed by atoms with Crippen LogP contribution >= 0.6 is 0 Å². The number of ether oxygens (including phenoxy) is 1. The second-order valence-corrected chi connectivity index (χ2v) is 4.33. The molecule has 5 nitrogen and oxygen atoms in total. The van der Waals surface area contributed by atoms with Crippen LogP contribution in [0.4, 0.5) is 18.9 Å². The first kappa shape index (κ1) is 17.3. The minimum atomic E-state index is -4.74. The Kier molecular flexibility index (Phi) is 5.56. The van der Waals surface area contributed by atoms with Crippen molar-refractivity contribution < 1.29 is 32.9 Å². The average Bonchev–Trinajstić information content (AvgIpc) is 2.36. The van der Waals surface area contributed by atoms with E-state index in [0.717, 1.165) is 12.1 Å². The van der Waals surface area contributed by atoms with Gasteiger partial charge in [0.1, 0.15) is 6.10 Å². The first-order valence-electron chi connectivity index (χ1n) is 6.15. The molecule has 2 atom stereocenters. The second-order valence-electron chi connectivity index (χ2n) is 4.33. The second kappa shape index (κ2) is 6.77. The fourth-order valence-corrected chi connectivity index (χ4v) is 1.86. The number of hydrogen-bond acceptors (Lipinski definition) is 5. The molecule has 21 heavy (non-hydrogen) atoms. The van der Waals surface area contributed by atoms with Gasteiger partial charge in [0.25, 0.3) is 0 Å². The van der Waals surface area contributed by atoms with Gasteiger partial charge in [0.2, 0.25) is 0 Å². The van der Waals surface area contributed by atoms with E-state index in [4.69, 9.17) is 5.73 Å². The zero-order valence-corrected chi connectivity index (χ0v) is 11.2. The topological polar surface area (TPSA) is 92.8 Å². The highest BCUT2D eigenvalue weighted by atomic mass is 19.4. The Hall–Kier alpha value is -1.80. The van der Waals surface area contributed by atoms with Gasteiger partial charge in [0, 0.05) is 11.3 Å². The van der Waals surface area contributed by atoms with E-state index < -0.39 is 41.9 Å². The van der Waals surface area contributed by atoms with Gasteiger partial charge in [-0.3, -0.25) is 4.79 Å². The van der Waals surface area contributed by atoms with E-state index in [1.54, 1.807) is 0 Å². The van der Waals surface area contributed by atoms with Crippen molar-refractivity contribution in [1.29, 1.82) is 0 Å². The summed E-state index contributed by atoms with van der Waals surface area (Å²) < 4.78 is 43.2. The summed E-state index contributed by atoms with van der Waals surface area (Å²) in [6, 6.07) is 3.00. The number of aliphatic hydroxyl groups excluding tert-OH is 2. The van der Waals surface area contributed by atoms with Gasteiger partial charge < -0.3 is 20.7 Å². The number of carbonyl (C=O) groups excluding carboxylic acids is 1.